The third-order valence-electron chi connectivity index (χ3n) is 3.20. The average Bonchev–Trinajstić information content (AvgIpc) is 3.12. The molecule has 0 radical (unpaired) electrons. The number of nitrogens with zero attached hydrogens (tertiary/aromatic N) is 1. The molecule has 1 fully saturated rings. The maximum atomic E-state index is 3.34. The van der Waals surface area contributed by atoms with E-state index in [1.807, 2.05) is 0 Å². The first-order valence-corrected chi connectivity index (χ1v) is 6.28. The molecule has 2 heteroatoms. The molecule has 88 valence electrons. The van der Waals surface area contributed by atoms with Gasteiger partial charge in [-0.1, -0.05) is 31.2 Å². The van der Waals surface area contributed by atoms with Crippen LogP contribution in [0, 0.1) is 0 Å². The molecule has 0 saturated heterocycles. The predicted octanol–water partition coefficient (Wildman–Crippen LogP) is 2.39. The van der Waals surface area contributed by atoms with E-state index in [1.54, 1.807) is 0 Å². The highest BCUT2D eigenvalue weighted by Gasteiger charge is 2.25. The minimum Gasteiger partial charge on any atom is -0.313 e. The lowest BCUT2D eigenvalue weighted by molar-refractivity contribution is 0.316. The van der Waals surface area contributed by atoms with Crippen LogP contribution in [0.4, 0.5) is 0 Å². The monoisotopic (exact) mass is 218 g/mol. The molecule has 0 bridgehead atoms. The van der Waals surface area contributed by atoms with E-state index in [1.165, 1.54) is 24.0 Å². The Labute approximate surface area is 98.7 Å². The molecule has 1 aromatic carbocycles. The Balaban J connectivity index is 1.85. The van der Waals surface area contributed by atoms with Crippen molar-refractivity contribution >= 4 is 0 Å². The lowest BCUT2D eigenvalue weighted by Gasteiger charge is -2.15. The van der Waals surface area contributed by atoms with Gasteiger partial charge in [-0.15, -0.1) is 0 Å². The second-order valence-electron chi connectivity index (χ2n) is 4.74. The summed E-state index contributed by atoms with van der Waals surface area (Å²) in [4.78, 5) is 2.46. The Kier molecular flexibility index (Phi) is 3.97. The second kappa shape index (κ2) is 5.46. The van der Waals surface area contributed by atoms with Crippen LogP contribution in [-0.4, -0.2) is 24.5 Å². The summed E-state index contributed by atoms with van der Waals surface area (Å²) in [7, 11) is 2.23. The first kappa shape index (κ1) is 11.6. The summed E-state index contributed by atoms with van der Waals surface area (Å²) >= 11 is 0. The molecule has 16 heavy (non-hydrogen) atoms. The Morgan fingerprint density at radius 1 is 1.19 bits per heavy atom. The molecule has 2 rings (SSSR count). The predicted molar refractivity (Wildman–Crippen MR) is 68.3 cm³/mol. The average molecular weight is 218 g/mol. The van der Waals surface area contributed by atoms with Crippen molar-refractivity contribution in [3.63, 3.8) is 0 Å². The highest BCUT2D eigenvalue weighted by Crippen LogP contribution is 2.26. The zero-order valence-electron chi connectivity index (χ0n) is 10.4. The highest BCUT2D eigenvalue weighted by atomic mass is 15.1. The summed E-state index contributed by atoms with van der Waals surface area (Å²) in [6.45, 7) is 5.24. The molecule has 0 atom stereocenters. The van der Waals surface area contributed by atoms with Crippen LogP contribution >= 0.6 is 0 Å². The molecule has 0 unspecified atom stereocenters. The van der Waals surface area contributed by atoms with E-state index >= 15 is 0 Å². The Hall–Kier alpha value is -0.860. The van der Waals surface area contributed by atoms with Crippen LogP contribution in [0.15, 0.2) is 24.3 Å². The normalized spacial score (nSPS) is 15.7. The van der Waals surface area contributed by atoms with Crippen LogP contribution in [-0.2, 0) is 13.1 Å². The van der Waals surface area contributed by atoms with Crippen LogP contribution in [0.25, 0.3) is 0 Å². The fourth-order valence-electron chi connectivity index (χ4n) is 1.96. The smallest absolute Gasteiger partial charge is 0.0233 e. The second-order valence-corrected chi connectivity index (χ2v) is 4.74. The molecular formula is C14H22N2. The largest absolute Gasteiger partial charge is 0.313 e. The van der Waals surface area contributed by atoms with Crippen molar-refractivity contribution in [2.75, 3.05) is 13.6 Å². The number of benzene rings is 1. The van der Waals surface area contributed by atoms with Gasteiger partial charge in [0.25, 0.3) is 0 Å². The Morgan fingerprint density at radius 3 is 2.38 bits per heavy atom. The SMILES string of the molecule is CCNCc1ccc(CN(C)C2CC2)cc1. The van der Waals surface area contributed by atoms with E-state index in [4.69, 9.17) is 0 Å². The molecule has 1 saturated carbocycles. The van der Waals surface area contributed by atoms with Gasteiger partial charge in [0.05, 0.1) is 0 Å². The van der Waals surface area contributed by atoms with Crippen molar-refractivity contribution < 1.29 is 0 Å². The Morgan fingerprint density at radius 2 is 1.81 bits per heavy atom. The third kappa shape index (κ3) is 3.32. The van der Waals surface area contributed by atoms with Crippen LogP contribution in [0.3, 0.4) is 0 Å². The van der Waals surface area contributed by atoms with Crippen LogP contribution in [0.2, 0.25) is 0 Å². The van der Waals surface area contributed by atoms with Gasteiger partial charge < -0.3 is 5.32 Å². The van der Waals surface area contributed by atoms with E-state index in [2.05, 4.69) is 48.5 Å². The molecule has 1 aliphatic carbocycles. The molecule has 0 aliphatic heterocycles. The fraction of sp³-hybridized carbons (Fsp3) is 0.571. The van der Waals surface area contributed by atoms with Gasteiger partial charge in [0, 0.05) is 19.1 Å². The summed E-state index contributed by atoms with van der Waals surface area (Å²) in [5.74, 6) is 0. The number of rotatable bonds is 6. The van der Waals surface area contributed by atoms with Gasteiger partial charge in [0.2, 0.25) is 0 Å². The van der Waals surface area contributed by atoms with E-state index in [0.29, 0.717) is 0 Å². The summed E-state index contributed by atoms with van der Waals surface area (Å²) in [6, 6.07) is 9.83. The molecule has 0 heterocycles. The lowest BCUT2D eigenvalue weighted by atomic mass is 10.1. The van der Waals surface area contributed by atoms with Crippen molar-refractivity contribution in [1.29, 1.82) is 0 Å². The van der Waals surface area contributed by atoms with Gasteiger partial charge in [-0.3, -0.25) is 4.90 Å². The quantitative estimate of drug-likeness (QED) is 0.788. The summed E-state index contributed by atoms with van der Waals surface area (Å²) in [5.41, 5.74) is 2.80. The highest BCUT2D eigenvalue weighted by molar-refractivity contribution is 5.22. The van der Waals surface area contributed by atoms with Gasteiger partial charge in [-0.25, -0.2) is 0 Å². The topological polar surface area (TPSA) is 15.3 Å². The van der Waals surface area contributed by atoms with Crippen molar-refractivity contribution in [2.24, 2.45) is 0 Å². The van der Waals surface area contributed by atoms with Crippen LogP contribution in [0.5, 0.6) is 0 Å². The lowest BCUT2D eigenvalue weighted by Crippen LogP contribution is -2.19. The fourth-order valence-corrected chi connectivity index (χ4v) is 1.96. The molecule has 0 aromatic heterocycles. The molecule has 2 nitrogen and oxygen atoms in total. The third-order valence-corrected chi connectivity index (χ3v) is 3.20. The van der Waals surface area contributed by atoms with E-state index < -0.39 is 0 Å². The van der Waals surface area contributed by atoms with Gasteiger partial charge in [0.1, 0.15) is 0 Å². The van der Waals surface area contributed by atoms with Gasteiger partial charge in [0.15, 0.2) is 0 Å². The Bertz CT molecular complexity index is 314. The summed E-state index contributed by atoms with van der Waals surface area (Å²) < 4.78 is 0. The first-order chi connectivity index (χ1) is 7.79. The zero-order valence-corrected chi connectivity index (χ0v) is 10.4. The molecular weight excluding hydrogens is 196 g/mol. The number of nitrogens with one attached hydrogen (secondary N) is 1. The van der Waals surface area contributed by atoms with E-state index in [0.717, 1.165) is 25.7 Å². The zero-order chi connectivity index (χ0) is 11.4. The van der Waals surface area contributed by atoms with E-state index in [9.17, 15) is 0 Å². The van der Waals surface area contributed by atoms with Gasteiger partial charge in [-0.05, 0) is 37.6 Å². The van der Waals surface area contributed by atoms with Gasteiger partial charge >= 0.3 is 0 Å². The maximum Gasteiger partial charge on any atom is 0.0233 e. The number of hydrogen-bond donors (Lipinski definition) is 1. The van der Waals surface area contributed by atoms with E-state index in [-0.39, 0.29) is 0 Å². The van der Waals surface area contributed by atoms with Gasteiger partial charge in [-0.2, -0.15) is 0 Å². The minimum atomic E-state index is 0.849. The molecule has 0 spiro atoms. The molecule has 1 aliphatic rings. The van der Waals surface area contributed by atoms with Crippen molar-refractivity contribution in [2.45, 2.75) is 38.9 Å². The minimum absolute atomic E-state index is 0.849. The summed E-state index contributed by atoms with van der Waals surface area (Å²) in [6.07, 6.45) is 2.77. The molecule has 1 N–H and O–H groups in total. The molecule has 1 aromatic rings. The van der Waals surface area contributed by atoms with Crippen molar-refractivity contribution in [3.8, 4) is 0 Å². The summed E-state index contributed by atoms with van der Waals surface area (Å²) in [5, 5.41) is 3.34. The van der Waals surface area contributed by atoms with Crippen molar-refractivity contribution in [1.82, 2.24) is 10.2 Å². The standard InChI is InChI=1S/C14H22N2/c1-3-15-10-12-4-6-13(7-5-12)11-16(2)14-8-9-14/h4-7,14-15H,3,8-11H2,1-2H3. The molecule has 0 amide bonds. The number of hydrogen-bond acceptors (Lipinski definition) is 2. The van der Waals surface area contributed by atoms with Crippen LogP contribution < -0.4 is 5.32 Å². The van der Waals surface area contributed by atoms with Crippen LogP contribution in [0.1, 0.15) is 30.9 Å². The van der Waals surface area contributed by atoms with Crippen molar-refractivity contribution in [3.05, 3.63) is 35.4 Å². The maximum absolute atomic E-state index is 3.34. The first-order valence-electron chi connectivity index (χ1n) is 6.28.